The fourth-order valence-corrected chi connectivity index (χ4v) is 1.20. The Kier molecular flexibility index (Phi) is 10.1. The summed E-state index contributed by atoms with van der Waals surface area (Å²) in [6.45, 7) is 9.13. The molecule has 0 amide bonds. The van der Waals surface area contributed by atoms with Gasteiger partial charge in [-0.2, -0.15) is 0 Å². The summed E-state index contributed by atoms with van der Waals surface area (Å²) >= 11 is 0. The summed E-state index contributed by atoms with van der Waals surface area (Å²) < 4.78 is 13.1. The van der Waals surface area contributed by atoms with Crippen LogP contribution in [0.1, 0.15) is 18.1 Å². The van der Waals surface area contributed by atoms with Crippen molar-refractivity contribution in [2.75, 3.05) is 12.4 Å². The van der Waals surface area contributed by atoms with Crippen molar-refractivity contribution >= 4 is 17.9 Å². The lowest BCUT2D eigenvalue weighted by molar-refractivity contribution is -0.122. The monoisotopic (exact) mass is 254 g/mol. The lowest BCUT2D eigenvalue weighted by Crippen LogP contribution is -2.02. The van der Waals surface area contributed by atoms with Crippen LogP contribution in [0.15, 0.2) is 25.3 Å². The van der Waals surface area contributed by atoms with Gasteiger partial charge in [0.2, 0.25) is 0 Å². The predicted octanol–water partition coefficient (Wildman–Crippen LogP) is 3.07. The maximum atomic E-state index is 13.1. The maximum Gasteiger partial charge on any atom is 0.290 e. The minimum Gasteiger partial charge on any atom is -0.483 e. The number of hydrogen-bond acceptors (Lipinski definition) is 3. The summed E-state index contributed by atoms with van der Waals surface area (Å²) in [4.78, 5) is 8.36. The van der Waals surface area contributed by atoms with Gasteiger partial charge in [-0.25, -0.2) is 4.39 Å². The first kappa shape index (κ1) is 18.2. The maximum absolute atomic E-state index is 13.1. The number of carbonyl (C=O) groups is 1. The molecule has 3 N–H and O–H groups in total. The van der Waals surface area contributed by atoms with E-state index in [0.29, 0.717) is 17.0 Å². The molecule has 100 valence electrons. The molecule has 0 saturated carbocycles. The van der Waals surface area contributed by atoms with Crippen LogP contribution in [0.2, 0.25) is 0 Å². The molecule has 0 aliphatic carbocycles. The molecule has 0 bridgehead atoms. The lowest BCUT2D eigenvalue weighted by atomic mass is 10.1. The van der Waals surface area contributed by atoms with Crippen molar-refractivity contribution in [3.63, 3.8) is 0 Å². The molecule has 1 aromatic carbocycles. The Hall–Kier alpha value is -2.17. The van der Waals surface area contributed by atoms with Crippen molar-refractivity contribution in [1.29, 1.82) is 5.41 Å². The molecule has 0 radical (unpaired) electrons. The Bertz CT molecular complexity index is 406. The van der Waals surface area contributed by atoms with Crippen LogP contribution in [-0.2, 0) is 4.79 Å². The molecule has 1 rings (SSSR count). The van der Waals surface area contributed by atoms with E-state index in [1.54, 1.807) is 27.0 Å². The van der Waals surface area contributed by atoms with E-state index < -0.39 is 0 Å². The number of benzene rings is 1. The van der Waals surface area contributed by atoms with Crippen molar-refractivity contribution < 1.29 is 14.3 Å². The van der Waals surface area contributed by atoms with E-state index >= 15 is 0 Å². The molecule has 18 heavy (non-hydrogen) atoms. The van der Waals surface area contributed by atoms with Crippen LogP contribution >= 0.6 is 0 Å². The average Bonchev–Trinajstić information content (AvgIpc) is 2.35. The standard InChI is InChI=1S/C10H13FN2.C2H4.CH2O2/c1-6-4-8(7(2)12)10(13-3)5-9(6)11;1-2;2-1-3/h4-5,12-13H,1-3H3;1-2H2;1H,(H,2,3). The van der Waals surface area contributed by atoms with Crippen LogP contribution in [0.3, 0.4) is 0 Å². The Morgan fingerprint density at radius 3 is 2.28 bits per heavy atom. The van der Waals surface area contributed by atoms with Gasteiger partial charge in [-0.1, -0.05) is 0 Å². The van der Waals surface area contributed by atoms with Crippen LogP contribution in [-0.4, -0.2) is 24.3 Å². The zero-order valence-corrected chi connectivity index (χ0v) is 10.9. The summed E-state index contributed by atoms with van der Waals surface area (Å²) in [5.74, 6) is -0.241. The van der Waals surface area contributed by atoms with Gasteiger partial charge in [-0.3, -0.25) is 4.79 Å². The smallest absolute Gasteiger partial charge is 0.290 e. The molecule has 4 nitrogen and oxygen atoms in total. The van der Waals surface area contributed by atoms with Gasteiger partial charge in [-0.05, 0) is 31.5 Å². The highest BCUT2D eigenvalue weighted by molar-refractivity contribution is 6.01. The molecule has 0 fully saturated rings. The van der Waals surface area contributed by atoms with Gasteiger partial charge in [0.25, 0.3) is 6.47 Å². The van der Waals surface area contributed by atoms with Gasteiger partial charge in [-0.15, -0.1) is 13.2 Å². The van der Waals surface area contributed by atoms with Gasteiger partial charge in [0.1, 0.15) is 5.82 Å². The molecule has 0 heterocycles. The molecule has 0 spiro atoms. The van der Waals surface area contributed by atoms with E-state index in [1.165, 1.54) is 6.07 Å². The number of halogens is 1. The van der Waals surface area contributed by atoms with Crippen LogP contribution in [0.5, 0.6) is 0 Å². The van der Waals surface area contributed by atoms with E-state index in [4.69, 9.17) is 15.3 Å². The number of anilines is 1. The van der Waals surface area contributed by atoms with E-state index in [-0.39, 0.29) is 12.3 Å². The molecular weight excluding hydrogens is 235 g/mol. The predicted molar refractivity (Wildman–Crippen MR) is 73.1 cm³/mol. The molecule has 5 heteroatoms. The van der Waals surface area contributed by atoms with Gasteiger partial charge >= 0.3 is 0 Å². The highest BCUT2D eigenvalue weighted by Gasteiger charge is 2.07. The van der Waals surface area contributed by atoms with Gasteiger partial charge in [0.15, 0.2) is 0 Å². The van der Waals surface area contributed by atoms with Gasteiger partial charge in [0.05, 0.1) is 0 Å². The van der Waals surface area contributed by atoms with Gasteiger partial charge in [0, 0.05) is 24.0 Å². The second-order valence-electron chi connectivity index (χ2n) is 3.13. The molecule has 0 saturated heterocycles. The highest BCUT2D eigenvalue weighted by Crippen LogP contribution is 2.20. The summed E-state index contributed by atoms with van der Waals surface area (Å²) in [6, 6.07) is 3.10. The van der Waals surface area contributed by atoms with Crippen molar-refractivity contribution in [3.8, 4) is 0 Å². The fraction of sp³-hybridized carbons (Fsp3) is 0.231. The van der Waals surface area contributed by atoms with Crippen molar-refractivity contribution in [3.05, 3.63) is 42.2 Å². The van der Waals surface area contributed by atoms with Crippen LogP contribution in [0.4, 0.5) is 10.1 Å². The Morgan fingerprint density at radius 1 is 1.50 bits per heavy atom. The molecule has 1 aromatic rings. The van der Waals surface area contributed by atoms with Crippen molar-refractivity contribution in [2.45, 2.75) is 13.8 Å². The van der Waals surface area contributed by atoms with Gasteiger partial charge < -0.3 is 15.8 Å². The molecule has 0 aromatic heterocycles. The average molecular weight is 254 g/mol. The van der Waals surface area contributed by atoms with Crippen LogP contribution in [0, 0.1) is 18.2 Å². The second kappa shape index (κ2) is 10.0. The third-order valence-corrected chi connectivity index (χ3v) is 1.97. The minimum absolute atomic E-state index is 0.241. The van der Waals surface area contributed by atoms with Crippen LogP contribution in [0.25, 0.3) is 0 Å². The molecule has 0 aliphatic heterocycles. The first-order valence-electron chi connectivity index (χ1n) is 5.09. The Morgan fingerprint density at radius 2 is 1.94 bits per heavy atom. The molecule has 0 aliphatic rings. The number of carboxylic acid groups (broad SMARTS) is 1. The number of aryl methyl sites for hydroxylation is 1. The zero-order valence-electron chi connectivity index (χ0n) is 10.9. The van der Waals surface area contributed by atoms with E-state index in [1.807, 2.05) is 0 Å². The number of nitrogens with one attached hydrogen (secondary N) is 2. The van der Waals surface area contributed by atoms with Crippen molar-refractivity contribution in [2.24, 2.45) is 0 Å². The lowest BCUT2D eigenvalue weighted by Gasteiger charge is -2.09. The Balaban J connectivity index is 0. The summed E-state index contributed by atoms with van der Waals surface area (Å²) in [5, 5.41) is 17.2. The van der Waals surface area contributed by atoms with Crippen LogP contribution < -0.4 is 5.32 Å². The molecular formula is C13H19FN2O2. The summed E-state index contributed by atoms with van der Waals surface area (Å²) in [5.41, 5.74) is 2.42. The molecule has 0 unspecified atom stereocenters. The summed E-state index contributed by atoms with van der Waals surface area (Å²) in [6.07, 6.45) is 0. The van der Waals surface area contributed by atoms with Crippen molar-refractivity contribution in [1.82, 2.24) is 0 Å². The second-order valence-corrected chi connectivity index (χ2v) is 3.13. The third kappa shape index (κ3) is 5.79. The number of rotatable bonds is 2. The number of hydrogen-bond donors (Lipinski definition) is 3. The zero-order chi connectivity index (χ0) is 14.7. The van der Waals surface area contributed by atoms with E-state index in [2.05, 4.69) is 18.5 Å². The third-order valence-electron chi connectivity index (χ3n) is 1.97. The summed E-state index contributed by atoms with van der Waals surface area (Å²) in [7, 11) is 1.72. The first-order valence-corrected chi connectivity index (χ1v) is 5.09. The largest absolute Gasteiger partial charge is 0.483 e. The first-order chi connectivity index (χ1) is 8.47. The highest BCUT2D eigenvalue weighted by atomic mass is 19.1. The Labute approximate surface area is 107 Å². The van der Waals surface area contributed by atoms with E-state index in [0.717, 1.165) is 5.56 Å². The topological polar surface area (TPSA) is 73.2 Å². The normalized spacial score (nSPS) is 8.00. The minimum atomic E-state index is -0.250. The SMILES string of the molecule is C=C.CNc1cc(F)c(C)cc1C(C)=N.O=CO. The quantitative estimate of drug-likeness (QED) is 0.431. The van der Waals surface area contributed by atoms with E-state index in [9.17, 15) is 4.39 Å². The fourth-order valence-electron chi connectivity index (χ4n) is 1.20. The molecule has 0 atom stereocenters.